The van der Waals surface area contributed by atoms with Crippen molar-refractivity contribution in [2.75, 3.05) is 5.73 Å². The maximum atomic E-state index is 11.2. The van der Waals surface area contributed by atoms with Gasteiger partial charge in [-0.2, -0.15) is 4.67 Å². The number of nitrogen functional groups attached to an aromatic ring is 1. The molecule has 0 saturated carbocycles. The number of hydrogen-bond donors (Lipinski definition) is 3. The Morgan fingerprint density at radius 3 is 2.71 bits per heavy atom. The molecule has 0 spiro atoms. The molecule has 0 aliphatic rings. The summed E-state index contributed by atoms with van der Waals surface area (Å²) in [6, 6.07) is 6.53. The Balaban J connectivity index is 3.01. The summed E-state index contributed by atoms with van der Waals surface area (Å²) < 4.78 is 14.8. The molecular weight excluding hydrogens is 204 g/mol. The topological polar surface area (TPSA) is 92.8 Å². The highest BCUT2D eigenvalue weighted by Crippen LogP contribution is 2.43. The van der Waals surface area contributed by atoms with Gasteiger partial charge in [0, 0.05) is 5.69 Å². The third kappa shape index (κ3) is 2.36. The Kier molecular flexibility index (Phi) is 3.34. The van der Waals surface area contributed by atoms with Crippen LogP contribution in [0.4, 0.5) is 5.69 Å². The number of hydrogen-bond acceptors (Lipinski definition) is 4. The fourth-order valence-electron chi connectivity index (χ4n) is 1.08. The van der Waals surface area contributed by atoms with Gasteiger partial charge < -0.3 is 10.6 Å². The van der Waals surface area contributed by atoms with Crippen molar-refractivity contribution in [1.82, 2.24) is 0 Å². The smallest absolute Gasteiger partial charge is 0.320 e. The second-order valence-corrected chi connectivity index (χ2v) is 5.06. The van der Waals surface area contributed by atoms with Gasteiger partial charge in [-0.3, -0.25) is 4.57 Å². The van der Waals surface area contributed by atoms with Crippen molar-refractivity contribution in [3.8, 4) is 0 Å². The van der Waals surface area contributed by atoms with Gasteiger partial charge in [0.25, 0.3) is 0 Å². The van der Waals surface area contributed by atoms with Crippen molar-refractivity contribution in [2.24, 2.45) is 0 Å². The molecule has 0 radical (unpaired) electrons. The van der Waals surface area contributed by atoms with Crippen LogP contribution in [0, 0.1) is 0 Å². The molecule has 0 bridgehead atoms. The normalized spacial score (nSPS) is 14.8. The second-order valence-electron chi connectivity index (χ2n) is 2.99. The lowest BCUT2D eigenvalue weighted by Crippen LogP contribution is -2.27. The van der Waals surface area contributed by atoms with E-state index in [-0.39, 0.29) is 0 Å². The molecule has 0 aliphatic heterocycles. The van der Waals surface area contributed by atoms with Crippen LogP contribution in [0.25, 0.3) is 0 Å². The van der Waals surface area contributed by atoms with Crippen molar-refractivity contribution in [2.45, 2.75) is 6.82 Å². The fraction of sp³-hybridized carbons (Fsp3) is 0.143. The summed E-state index contributed by atoms with van der Waals surface area (Å²) in [4.78, 5) is 9.18. The van der Waals surface area contributed by atoms with Gasteiger partial charge in [0.1, 0.15) is 0 Å². The van der Waals surface area contributed by atoms with Crippen LogP contribution in [0.5, 0.6) is 0 Å². The van der Waals surface area contributed by atoms with Gasteiger partial charge in [-0.05, 0) is 12.1 Å². The molecule has 1 atom stereocenters. The zero-order valence-electron chi connectivity index (χ0n) is 7.62. The molecule has 1 unspecified atom stereocenters. The average Bonchev–Trinajstić information content (AvgIpc) is 2.16. The molecule has 0 aromatic heterocycles. The van der Waals surface area contributed by atoms with Gasteiger partial charge in [0.2, 0.25) is 0 Å². The van der Waals surface area contributed by atoms with Gasteiger partial charge in [0.15, 0.2) is 0 Å². The number of benzene rings is 1. The van der Waals surface area contributed by atoms with E-state index in [2.05, 4.69) is 4.67 Å². The monoisotopic (exact) mass is 215 g/mol. The van der Waals surface area contributed by atoms with Gasteiger partial charge in [-0.1, -0.05) is 24.4 Å². The SMILES string of the molecule is CB(c1cccc(N)c1)P(=O)(O)OO. The molecule has 1 rings (SSSR count). The first-order chi connectivity index (χ1) is 6.47. The van der Waals surface area contributed by atoms with Crippen LogP contribution >= 0.6 is 7.47 Å². The molecular formula is C7H11BNO4P. The standard InChI is InChI=1S/C7H11BNO4P/c1-8(14(11,12)13-10)6-3-2-4-7(9)5-6/h2-5,10H,9H2,1H3,(H,11,12). The van der Waals surface area contributed by atoms with E-state index < -0.39 is 13.9 Å². The van der Waals surface area contributed by atoms with Crippen molar-refractivity contribution < 1.29 is 19.4 Å². The van der Waals surface area contributed by atoms with Gasteiger partial charge >= 0.3 is 13.9 Å². The maximum Gasteiger partial charge on any atom is 0.320 e. The third-order valence-electron chi connectivity index (χ3n) is 2.00. The summed E-state index contributed by atoms with van der Waals surface area (Å²) in [5, 5.41) is 8.25. The van der Waals surface area contributed by atoms with E-state index in [0.717, 1.165) is 0 Å². The zero-order chi connectivity index (χ0) is 10.8. The summed E-state index contributed by atoms with van der Waals surface area (Å²) in [6.07, 6.45) is -0.809. The minimum absolute atomic E-state index is 0.493. The molecule has 1 aromatic rings. The zero-order valence-corrected chi connectivity index (χ0v) is 8.52. The Morgan fingerprint density at radius 1 is 1.57 bits per heavy atom. The second kappa shape index (κ2) is 4.15. The van der Waals surface area contributed by atoms with Crippen molar-refractivity contribution in [3.05, 3.63) is 24.3 Å². The van der Waals surface area contributed by atoms with E-state index >= 15 is 0 Å². The number of nitrogens with two attached hydrogens (primary N) is 1. The Bertz CT molecular complexity index is 372. The molecule has 0 fully saturated rings. The van der Waals surface area contributed by atoms with Gasteiger partial charge in [-0.25, -0.2) is 5.26 Å². The largest absolute Gasteiger partial charge is 0.399 e. The highest BCUT2D eigenvalue weighted by atomic mass is 31.2. The number of anilines is 1. The van der Waals surface area contributed by atoms with E-state index in [1.807, 2.05) is 0 Å². The summed E-state index contributed by atoms with van der Waals surface area (Å²) in [6.45, 7) is 1.48. The Hall–Kier alpha value is -0.805. The summed E-state index contributed by atoms with van der Waals surface area (Å²) in [5.41, 5.74) is 6.55. The summed E-state index contributed by atoms with van der Waals surface area (Å²) in [5.74, 6) is 0. The molecule has 0 heterocycles. The predicted molar refractivity (Wildman–Crippen MR) is 55.6 cm³/mol. The third-order valence-corrected chi connectivity index (χ3v) is 3.51. The quantitative estimate of drug-likeness (QED) is 0.227. The Labute approximate surface area is 82.0 Å². The molecule has 5 nitrogen and oxygen atoms in total. The highest BCUT2D eigenvalue weighted by molar-refractivity contribution is 7.89. The van der Waals surface area contributed by atoms with E-state index in [4.69, 9.17) is 11.0 Å². The lowest BCUT2D eigenvalue weighted by Gasteiger charge is -2.12. The molecule has 0 aliphatic carbocycles. The molecule has 1 aromatic carbocycles. The first-order valence-electron chi connectivity index (χ1n) is 3.98. The van der Waals surface area contributed by atoms with E-state index in [9.17, 15) is 9.46 Å². The highest BCUT2D eigenvalue weighted by Gasteiger charge is 2.34. The maximum absolute atomic E-state index is 11.2. The van der Waals surface area contributed by atoms with Gasteiger partial charge in [-0.15, -0.1) is 0 Å². The van der Waals surface area contributed by atoms with Crippen molar-refractivity contribution in [1.29, 1.82) is 0 Å². The van der Waals surface area contributed by atoms with E-state index in [1.165, 1.54) is 6.82 Å². The van der Waals surface area contributed by atoms with E-state index in [1.54, 1.807) is 24.3 Å². The summed E-state index contributed by atoms with van der Waals surface area (Å²) in [7, 11) is -4.01. The van der Waals surface area contributed by atoms with Crippen LogP contribution in [0.2, 0.25) is 6.82 Å². The minimum atomic E-state index is -4.01. The minimum Gasteiger partial charge on any atom is -0.399 e. The fourth-order valence-corrected chi connectivity index (χ4v) is 1.76. The van der Waals surface area contributed by atoms with Crippen LogP contribution in [0.1, 0.15) is 0 Å². The molecule has 76 valence electrons. The van der Waals surface area contributed by atoms with Crippen LogP contribution < -0.4 is 11.2 Å². The van der Waals surface area contributed by atoms with Crippen LogP contribution in [0.3, 0.4) is 0 Å². The lowest BCUT2D eigenvalue weighted by atomic mass is 9.71. The summed E-state index contributed by atoms with van der Waals surface area (Å²) >= 11 is 0. The lowest BCUT2D eigenvalue weighted by molar-refractivity contribution is -0.142. The molecule has 0 saturated heterocycles. The van der Waals surface area contributed by atoms with E-state index in [0.29, 0.717) is 11.2 Å². The molecule has 0 amide bonds. The molecule has 7 heteroatoms. The Morgan fingerprint density at radius 2 is 2.21 bits per heavy atom. The van der Waals surface area contributed by atoms with Crippen LogP contribution in [-0.4, -0.2) is 16.6 Å². The van der Waals surface area contributed by atoms with Gasteiger partial charge in [0.05, 0.1) is 0 Å². The van der Waals surface area contributed by atoms with Crippen molar-refractivity contribution >= 4 is 25.1 Å². The predicted octanol–water partition coefficient (Wildman–Crippen LogP) is 0.772. The first kappa shape index (κ1) is 11.3. The van der Waals surface area contributed by atoms with Crippen molar-refractivity contribution in [3.63, 3.8) is 0 Å². The van der Waals surface area contributed by atoms with Crippen LogP contribution in [0.15, 0.2) is 24.3 Å². The molecule has 14 heavy (non-hydrogen) atoms. The average molecular weight is 215 g/mol. The molecule has 4 N–H and O–H groups in total. The van der Waals surface area contributed by atoms with Crippen LogP contribution in [-0.2, 0) is 9.24 Å². The number of rotatable bonds is 3. The first-order valence-corrected chi connectivity index (χ1v) is 5.63.